The van der Waals surface area contributed by atoms with E-state index in [0.717, 1.165) is 19.4 Å². The predicted molar refractivity (Wildman–Crippen MR) is 68.2 cm³/mol. The van der Waals surface area contributed by atoms with Crippen LogP contribution < -0.4 is 10.1 Å². The van der Waals surface area contributed by atoms with Crippen LogP contribution in [0.2, 0.25) is 0 Å². The van der Waals surface area contributed by atoms with Gasteiger partial charge < -0.3 is 14.8 Å². The van der Waals surface area contributed by atoms with Crippen molar-refractivity contribution in [3.05, 3.63) is 29.6 Å². The Balaban J connectivity index is 1.93. The van der Waals surface area contributed by atoms with Crippen molar-refractivity contribution in [2.24, 2.45) is 0 Å². The second-order valence-electron chi connectivity index (χ2n) is 4.65. The first kappa shape index (κ1) is 13.3. The Kier molecular flexibility index (Phi) is 4.55. The number of nitrogens with one attached hydrogen (secondary N) is 1. The van der Waals surface area contributed by atoms with Crippen LogP contribution in [0.15, 0.2) is 18.2 Å². The van der Waals surface area contributed by atoms with Crippen molar-refractivity contribution in [1.29, 1.82) is 0 Å². The molecule has 0 amide bonds. The van der Waals surface area contributed by atoms with Gasteiger partial charge in [0, 0.05) is 24.8 Å². The average Bonchev–Trinajstić information content (AvgIpc) is 2.91. The van der Waals surface area contributed by atoms with Gasteiger partial charge in [-0.15, -0.1) is 0 Å². The molecular formula is C14H20FNO2. The molecule has 100 valence electrons. The number of benzene rings is 1. The van der Waals surface area contributed by atoms with E-state index in [-0.39, 0.29) is 18.0 Å². The molecular weight excluding hydrogens is 233 g/mol. The lowest BCUT2D eigenvalue weighted by Gasteiger charge is -2.20. The zero-order valence-corrected chi connectivity index (χ0v) is 10.9. The van der Waals surface area contributed by atoms with Gasteiger partial charge in [-0.2, -0.15) is 0 Å². The lowest BCUT2D eigenvalue weighted by molar-refractivity contribution is 0.0831. The Morgan fingerprint density at radius 1 is 1.56 bits per heavy atom. The number of hydrogen-bond acceptors (Lipinski definition) is 3. The van der Waals surface area contributed by atoms with E-state index < -0.39 is 0 Å². The maximum Gasteiger partial charge on any atom is 0.169 e. The Morgan fingerprint density at radius 2 is 2.39 bits per heavy atom. The molecule has 18 heavy (non-hydrogen) atoms. The zero-order valence-electron chi connectivity index (χ0n) is 10.9. The van der Waals surface area contributed by atoms with Crippen LogP contribution >= 0.6 is 0 Å². The highest BCUT2D eigenvalue weighted by molar-refractivity contribution is 5.30. The van der Waals surface area contributed by atoms with Gasteiger partial charge in [-0.1, -0.05) is 12.1 Å². The Labute approximate surface area is 107 Å². The van der Waals surface area contributed by atoms with E-state index in [2.05, 4.69) is 12.2 Å². The van der Waals surface area contributed by atoms with Gasteiger partial charge in [0.2, 0.25) is 0 Å². The molecule has 0 spiro atoms. The maximum atomic E-state index is 13.9. The molecule has 0 saturated carbocycles. The molecule has 0 radical (unpaired) electrons. The Morgan fingerprint density at radius 3 is 3.06 bits per heavy atom. The first-order valence-electron chi connectivity index (χ1n) is 6.38. The van der Waals surface area contributed by atoms with Crippen molar-refractivity contribution in [3.8, 4) is 5.75 Å². The van der Waals surface area contributed by atoms with Crippen LogP contribution in [-0.2, 0) is 11.3 Å². The predicted octanol–water partition coefficient (Wildman–Crippen LogP) is 2.49. The van der Waals surface area contributed by atoms with Crippen LogP contribution in [0.5, 0.6) is 5.75 Å². The van der Waals surface area contributed by atoms with Gasteiger partial charge in [-0.25, -0.2) is 4.39 Å². The fraction of sp³-hybridized carbons (Fsp3) is 0.571. The molecule has 1 aliphatic rings. The molecule has 1 N–H and O–H groups in total. The minimum atomic E-state index is -0.285. The van der Waals surface area contributed by atoms with E-state index >= 15 is 0 Å². The summed E-state index contributed by atoms with van der Waals surface area (Å²) in [6.45, 7) is 3.41. The van der Waals surface area contributed by atoms with Gasteiger partial charge in [0.15, 0.2) is 11.6 Å². The summed E-state index contributed by atoms with van der Waals surface area (Å²) in [7, 11) is 1.48. The smallest absolute Gasteiger partial charge is 0.169 e. The van der Waals surface area contributed by atoms with Crippen LogP contribution in [-0.4, -0.2) is 25.9 Å². The van der Waals surface area contributed by atoms with Crippen molar-refractivity contribution >= 4 is 0 Å². The Bertz CT molecular complexity index is 391. The summed E-state index contributed by atoms with van der Waals surface area (Å²) in [5.41, 5.74) is 0.624. The fourth-order valence-corrected chi connectivity index (χ4v) is 2.25. The molecule has 4 heteroatoms. The summed E-state index contributed by atoms with van der Waals surface area (Å²) in [5, 5.41) is 3.31. The lowest BCUT2D eigenvalue weighted by Crippen LogP contribution is -2.36. The number of hydrogen-bond donors (Lipinski definition) is 1. The minimum Gasteiger partial charge on any atom is -0.494 e. The summed E-state index contributed by atoms with van der Waals surface area (Å²) < 4.78 is 24.5. The highest BCUT2D eigenvalue weighted by Crippen LogP contribution is 2.20. The summed E-state index contributed by atoms with van der Waals surface area (Å²) in [6.07, 6.45) is 2.44. The molecule has 1 heterocycles. The topological polar surface area (TPSA) is 30.5 Å². The molecule has 3 nitrogen and oxygen atoms in total. The van der Waals surface area contributed by atoms with Crippen LogP contribution in [0.3, 0.4) is 0 Å². The largest absolute Gasteiger partial charge is 0.494 e. The number of rotatable bonds is 5. The molecule has 2 unspecified atom stereocenters. The molecule has 1 aliphatic heterocycles. The van der Waals surface area contributed by atoms with E-state index in [1.807, 2.05) is 0 Å². The third-order valence-electron chi connectivity index (χ3n) is 3.40. The highest BCUT2D eigenvalue weighted by Gasteiger charge is 2.22. The van der Waals surface area contributed by atoms with Gasteiger partial charge in [0.1, 0.15) is 0 Å². The Hall–Kier alpha value is -1.13. The first-order valence-corrected chi connectivity index (χ1v) is 6.38. The van der Waals surface area contributed by atoms with Gasteiger partial charge in [-0.05, 0) is 25.8 Å². The second kappa shape index (κ2) is 6.16. The third-order valence-corrected chi connectivity index (χ3v) is 3.40. The van der Waals surface area contributed by atoms with Crippen LogP contribution in [0.4, 0.5) is 4.39 Å². The zero-order chi connectivity index (χ0) is 13.0. The number of halogens is 1. The van der Waals surface area contributed by atoms with Crippen LogP contribution in [0, 0.1) is 5.82 Å². The molecule has 2 rings (SSSR count). The molecule has 1 fully saturated rings. The SMILES string of the molecule is COc1cccc(CNC(C)C2CCCO2)c1F. The fourth-order valence-electron chi connectivity index (χ4n) is 2.25. The van der Waals surface area contributed by atoms with Crippen molar-refractivity contribution in [2.45, 2.75) is 38.5 Å². The second-order valence-corrected chi connectivity index (χ2v) is 4.65. The summed E-state index contributed by atoms with van der Waals surface area (Å²) in [4.78, 5) is 0. The monoisotopic (exact) mass is 253 g/mol. The molecule has 1 saturated heterocycles. The standard InChI is InChI=1S/C14H20FNO2/c1-10(12-7-4-8-18-12)16-9-11-5-3-6-13(17-2)14(11)15/h3,5-6,10,12,16H,4,7-9H2,1-2H3. The molecule has 0 bridgehead atoms. The maximum absolute atomic E-state index is 13.9. The highest BCUT2D eigenvalue weighted by atomic mass is 19.1. The molecule has 0 aliphatic carbocycles. The van der Waals surface area contributed by atoms with Crippen LogP contribution in [0.1, 0.15) is 25.3 Å². The normalized spacial score (nSPS) is 20.9. The van der Waals surface area contributed by atoms with Crippen molar-refractivity contribution < 1.29 is 13.9 Å². The van der Waals surface area contributed by atoms with Gasteiger partial charge in [0.05, 0.1) is 13.2 Å². The minimum absolute atomic E-state index is 0.234. The molecule has 0 aromatic heterocycles. The third kappa shape index (κ3) is 3.00. The molecule has 2 atom stereocenters. The average molecular weight is 253 g/mol. The van der Waals surface area contributed by atoms with E-state index in [9.17, 15) is 4.39 Å². The molecule has 1 aromatic rings. The van der Waals surface area contributed by atoms with Gasteiger partial charge >= 0.3 is 0 Å². The summed E-state index contributed by atoms with van der Waals surface area (Å²) in [5.74, 6) is 0.00566. The van der Waals surface area contributed by atoms with Crippen LogP contribution in [0.25, 0.3) is 0 Å². The summed E-state index contributed by atoms with van der Waals surface area (Å²) in [6, 6.07) is 5.43. The van der Waals surface area contributed by atoms with E-state index in [1.54, 1.807) is 18.2 Å². The number of ether oxygens (including phenoxy) is 2. The summed E-state index contributed by atoms with van der Waals surface area (Å²) >= 11 is 0. The van der Waals surface area contributed by atoms with Gasteiger partial charge in [0.25, 0.3) is 0 Å². The quantitative estimate of drug-likeness (QED) is 0.874. The van der Waals surface area contributed by atoms with Crippen molar-refractivity contribution in [2.75, 3.05) is 13.7 Å². The van der Waals surface area contributed by atoms with E-state index in [1.165, 1.54) is 7.11 Å². The van der Waals surface area contributed by atoms with Gasteiger partial charge in [-0.3, -0.25) is 0 Å². The van der Waals surface area contributed by atoms with Crippen molar-refractivity contribution in [3.63, 3.8) is 0 Å². The lowest BCUT2D eigenvalue weighted by atomic mass is 10.1. The van der Waals surface area contributed by atoms with E-state index in [0.29, 0.717) is 17.9 Å². The number of methoxy groups -OCH3 is 1. The molecule has 1 aromatic carbocycles. The van der Waals surface area contributed by atoms with E-state index in [4.69, 9.17) is 9.47 Å². The van der Waals surface area contributed by atoms with Crippen molar-refractivity contribution in [1.82, 2.24) is 5.32 Å². The first-order chi connectivity index (χ1) is 8.72.